The number of halogens is 1. The van der Waals surface area contributed by atoms with Gasteiger partial charge in [0.05, 0.1) is 16.2 Å². The number of hydrogen-bond donors (Lipinski definition) is 1. The second-order valence-corrected chi connectivity index (χ2v) is 6.26. The van der Waals surface area contributed by atoms with Crippen LogP contribution >= 0.6 is 0 Å². The molecule has 8 nitrogen and oxygen atoms in total. The van der Waals surface area contributed by atoms with Gasteiger partial charge in [-0.05, 0) is 30.3 Å². The summed E-state index contributed by atoms with van der Waals surface area (Å²) in [6.45, 7) is 0. The first kappa shape index (κ1) is 18.9. The third kappa shape index (κ3) is 3.28. The van der Waals surface area contributed by atoms with Crippen molar-refractivity contribution in [2.75, 3.05) is 0 Å². The van der Waals surface area contributed by atoms with Gasteiger partial charge in [-0.3, -0.25) is 19.9 Å². The Balaban J connectivity index is 1.93. The van der Waals surface area contributed by atoms with Crippen molar-refractivity contribution >= 4 is 28.4 Å². The van der Waals surface area contributed by atoms with E-state index in [9.17, 15) is 24.4 Å². The Morgan fingerprint density at radius 3 is 2.53 bits per heavy atom. The van der Waals surface area contributed by atoms with Gasteiger partial charge in [0.15, 0.2) is 0 Å². The number of benzene rings is 2. The standard InChI is InChI=1S/C21H13FN4O4/c22-17-9-8-13(11-18(17)26(29)30)24-12-16-14-5-1-2-6-15(14)20(27)25(21(16)28)19-7-3-4-10-23-19/h1-12,28H. The van der Waals surface area contributed by atoms with E-state index in [1.807, 2.05) is 0 Å². The number of nitro benzene ring substituents is 1. The Kier molecular flexibility index (Phi) is 4.77. The number of nitrogens with zero attached hydrogens (tertiary/aromatic N) is 4. The van der Waals surface area contributed by atoms with Gasteiger partial charge in [-0.1, -0.05) is 24.3 Å². The summed E-state index contributed by atoms with van der Waals surface area (Å²) in [5.74, 6) is -1.15. The molecule has 0 atom stereocenters. The Hall–Kier alpha value is -4.40. The van der Waals surface area contributed by atoms with E-state index in [1.54, 1.807) is 42.5 Å². The fourth-order valence-electron chi connectivity index (χ4n) is 3.05. The maximum absolute atomic E-state index is 13.6. The molecule has 2 aromatic heterocycles. The van der Waals surface area contributed by atoms with Crippen LogP contribution in [0.1, 0.15) is 5.56 Å². The van der Waals surface area contributed by atoms with Crippen LogP contribution in [0.3, 0.4) is 0 Å². The highest BCUT2D eigenvalue weighted by Gasteiger charge is 2.17. The first-order valence-corrected chi connectivity index (χ1v) is 8.73. The third-order valence-corrected chi connectivity index (χ3v) is 4.45. The molecule has 0 spiro atoms. The highest BCUT2D eigenvalue weighted by molar-refractivity contribution is 6.02. The Bertz CT molecular complexity index is 1370. The van der Waals surface area contributed by atoms with Crippen molar-refractivity contribution in [1.82, 2.24) is 9.55 Å². The molecule has 0 amide bonds. The molecule has 4 aromatic rings. The maximum Gasteiger partial charge on any atom is 0.306 e. The summed E-state index contributed by atoms with van der Waals surface area (Å²) >= 11 is 0. The summed E-state index contributed by atoms with van der Waals surface area (Å²) in [4.78, 5) is 31.3. The first-order chi connectivity index (χ1) is 14.5. The van der Waals surface area contributed by atoms with Crippen LogP contribution in [0.25, 0.3) is 16.6 Å². The van der Waals surface area contributed by atoms with Gasteiger partial charge in [-0.25, -0.2) is 9.55 Å². The van der Waals surface area contributed by atoms with E-state index in [0.717, 1.165) is 16.7 Å². The molecule has 0 radical (unpaired) electrons. The fourth-order valence-corrected chi connectivity index (χ4v) is 3.05. The van der Waals surface area contributed by atoms with Crippen molar-refractivity contribution in [3.05, 3.63) is 98.7 Å². The third-order valence-electron chi connectivity index (χ3n) is 4.45. The normalized spacial score (nSPS) is 11.2. The van der Waals surface area contributed by atoms with E-state index >= 15 is 0 Å². The van der Waals surface area contributed by atoms with Crippen molar-refractivity contribution < 1.29 is 14.4 Å². The van der Waals surface area contributed by atoms with Gasteiger partial charge in [0.2, 0.25) is 11.7 Å². The van der Waals surface area contributed by atoms with E-state index in [0.29, 0.717) is 10.8 Å². The molecule has 2 aromatic carbocycles. The number of aromatic hydroxyl groups is 1. The number of aromatic nitrogens is 2. The van der Waals surface area contributed by atoms with Gasteiger partial charge in [-0.15, -0.1) is 0 Å². The number of aliphatic imine (C=N–C) groups is 1. The molecule has 0 saturated carbocycles. The zero-order valence-corrected chi connectivity index (χ0v) is 15.3. The minimum Gasteiger partial charge on any atom is -0.494 e. The fraction of sp³-hybridized carbons (Fsp3) is 0. The largest absolute Gasteiger partial charge is 0.494 e. The van der Waals surface area contributed by atoms with Crippen molar-refractivity contribution in [3.8, 4) is 11.7 Å². The van der Waals surface area contributed by atoms with Crippen molar-refractivity contribution in [2.45, 2.75) is 0 Å². The van der Waals surface area contributed by atoms with E-state index < -0.39 is 27.9 Å². The summed E-state index contributed by atoms with van der Waals surface area (Å²) in [5, 5.41) is 22.6. The maximum atomic E-state index is 13.6. The summed E-state index contributed by atoms with van der Waals surface area (Å²) in [6, 6.07) is 14.8. The Labute approximate surface area is 168 Å². The van der Waals surface area contributed by atoms with Crippen LogP contribution in [-0.4, -0.2) is 25.8 Å². The van der Waals surface area contributed by atoms with Gasteiger partial charge in [0.25, 0.3) is 5.56 Å². The van der Waals surface area contributed by atoms with E-state index in [-0.39, 0.29) is 17.1 Å². The lowest BCUT2D eigenvalue weighted by Crippen LogP contribution is -2.20. The van der Waals surface area contributed by atoms with Crippen LogP contribution in [-0.2, 0) is 0 Å². The molecule has 2 heterocycles. The lowest BCUT2D eigenvalue weighted by molar-refractivity contribution is -0.387. The summed E-state index contributed by atoms with van der Waals surface area (Å²) in [7, 11) is 0. The van der Waals surface area contributed by atoms with Gasteiger partial charge >= 0.3 is 5.69 Å². The Morgan fingerprint density at radius 1 is 1.10 bits per heavy atom. The zero-order valence-electron chi connectivity index (χ0n) is 15.3. The molecule has 1 N–H and O–H groups in total. The summed E-state index contributed by atoms with van der Waals surface area (Å²) in [6.07, 6.45) is 2.76. The molecule has 0 unspecified atom stereocenters. The minimum atomic E-state index is -0.976. The number of fused-ring (bicyclic) bond motifs is 1. The van der Waals surface area contributed by atoms with Gasteiger partial charge in [-0.2, -0.15) is 4.39 Å². The minimum absolute atomic E-state index is 0.113. The topological polar surface area (TPSA) is 111 Å². The smallest absolute Gasteiger partial charge is 0.306 e. The molecule has 30 heavy (non-hydrogen) atoms. The predicted octanol–water partition coefficient (Wildman–Crippen LogP) is 3.89. The van der Waals surface area contributed by atoms with Gasteiger partial charge in [0, 0.05) is 29.3 Å². The second kappa shape index (κ2) is 7.55. The molecule has 148 valence electrons. The highest BCUT2D eigenvalue weighted by Crippen LogP contribution is 2.27. The monoisotopic (exact) mass is 404 g/mol. The highest BCUT2D eigenvalue weighted by atomic mass is 19.1. The van der Waals surface area contributed by atoms with E-state index in [1.165, 1.54) is 18.5 Å². The summed E-state index contributed by atoms with van der Waals surface area (Å²) < 4.78 is 14.6. The molecule has 0 aliphatic heterocycles. The molecule has 9 heteroatoms. The average Bonchev–Trinajstić information content (AvgIpc) is 2.75. The van der Waals surface area contributed by atoms with E-state index in [2.05, 4.69) is 9.98 Å². The molecular weight excluding hydrogens is 391 g/mol. The Morgan fingerprint density at radius 2 is 1.83 bits per heavy atom. The average molecular weight is 404 g/mol. The quantitative estimate of drug-likeness (QED) is 0.315. The molecule has 0 saturated heterocycles. The number of nitro groups is 1. The van der Waals surface area contributed by atoms with Crippen molar-refractivity contribution in [2.24, 2.45) is 4.99 Å². The molecular formula is C21H13FN4O4. The molecule has 0 bridgehead atoms. The molecule has 0 aliphatic rings. The zero-order chi connectivity index (χ0) is 21.3. The van der Waals surface area contributed by atoms with Crippen LogP contribution in [0.4, 0.5) is 15.8 Å². The number of rotatable bonds is 4. The van der Waals surface area contributed by atoms with Crippen LogP contribution in [0, 0.1) is 15.9 Å². The molecule has 0 aliphatic carbocycles. The summed E-state index contributed by atoms with van der Waals surface area (Å²) in [5.41, 5.74) is -0.849. The predicted molar refractivity (Wildman–Crippen MR) is 109 cm³/mol. The number of pyridine rings is 2. The van der Waals surface area contributed by atoms with Crippen LogP contribution in [0.2, 0.25) is 0 Å². The van der Waals surface area contributed by atoms with Crippen LogP contribution in [0.5, 0.6) is 5.88 Å². The SMILES string of the molecule is O=c1c2ccccc2c(C=Nc2ccc(F)c([N+](=O)[O-])c2)c(O)n1-c1ccccn1. The van der Waals surface area contributed by atoms with Crippen LogP contribution in [0.15, 0.2) is 76.6 Å². The molecule has 0 fully saturated rings. The first-order valence-electron chi connectivity index (χ1n) is 8.73. The van der Waals surface area contributed by atoms with Gasteiger partial charge in [0.1, 0.15) is 5.82 Å². The van der Waals surface area contributed by atoms with Crippen LogP contribution < -0.4 is 5.56 Å². The van der Waals surface area contributed by atoms with Crippen molar-refractivity contribution in [1.29, 1.82) is 0 Å². The molecule has 4 rings (SSSR count). The second-order valence-electron chi connectivity index (χ2n) is 6.26. The number of hydrogen-bond acceptors (Lipinski definition) is 6. The van der Waals surface area contributed by atoms with Crippen molar-refractivity contribution in [3.63, 3.8) is 0 Å². The van der Waals surface area contributed by atoms with E-state index in [4.69, 9.17) is 0 Å². The lowest BCUT2D eigenvalue weighted by Gasteiger charge is -2.12. The van der Waals surface area contributed by atoms with Gasteiger partial charge < -0.3 is 5.11 Å². The lowest BCUT2D eigenvalue weighted by atomic mass is 10.1.